The minimum absolute atomic E-state index is 0. The van der Waals surface area contributed by atoms with Crippen molar-refractivity contribution in [2.45, 2.75) is 12.8 Å². The van der Waals surface area contributed by atoms with Gasteiger partial charge in [-0.15, -0.1) is 12.4 Å². The lowest BCUT2D eigenvalue weighted by Crippen LogP contribution is -2.42. The fourth-order valence-corrected chi connectivity index (χ4v) is 2.23. The van der Waals surface area contributed by atoms with Crippen LogP contribution in [0.1, 0.15) is 23.3 Å². The van der Waals surface area contributed by atoms with Crippen molar-refractivity contribution < 1.29 is 9.72 Å². The smallest absolute Gasteiger partial charge is 0.321 e. The van der Waals surface area contributed by atoms with Crippen molar-refractivity contribution in [1.82, 2.24) is 9.88 Å². The van der Waals surface area contributed by atoms with Gasteiger partial charge >= 0.3 is 5.82 Å². The maximum absolute atomic E-state index is 12.1. The molecule has 8 heteroatoms. The lowest BCUT2D eigenvalue weighted by Gasteiger charge is -2.31. The highest BCUT2D eigenvalue weighted by Crippen LogP contribution is 2.18. The number of halogens is 1. The second kappa shape index (κ2) is 6.53. The molecule has 1 amide bonds. The number of nitro groups is 1. The van der Waals surface area contributed by atoms with E-state index in [1.165, 1.54) is 12.1 Å². The first-order valence-electron chi connectivity index (χ1n) is 5.94. The molecule has 19 heavy (non-hydrogen) atoms. The van der Waals surface area contributed by atoms with Gasteiger partial charge in [-0.05, 0) is 36.3 Å². The Morgan fingerprint density at radius 2 is 2.32 bits per heavy atom. The van der Waals surface area contributed by atoms with Crippen molar-refractivity contribution >= 4 is 24.1 Å². The summed E-state index contributed by atoms with van der Waals surface area (Å²) in [5.41, 5.74) is 5.88. The lowest BCUT2D eigenvalue weighted by molar-refractivity contribution is -0.389. The summed E-state index contributed by atoms with van der Waals surface area (Å²) in [5, 5.41) is 10.5. The maximum atomic E-state index is 12.1. The third-order valence-electron chi connectivity index (χ3n) is 3.24. The second-order valence-corrected chi connectivity index (χ2v) is 4.51. The summed E-state index contributed by atoms with van der Waals surface area (Å²) < 4.78 is 0. The van der Waals surface area contributed by atoms with Gasteiger partial charge in [0.15, 0.2) is 5.69 Å². The van der Waals surface area contributed by atoms with Crippen molar-refractivity contribution in [2.75, 3.05) is 19.6 Å². The number of carbonyl (C=O) groups excluding carboxylic acids is 1. The van der Waals surface area contributed by atoms with Gasteiger partial charge in [0.1, 0.15) is 0 Å². The molecule has 0 radical (unpaired) electrons. The van der Waals surface area contributed by atoms with Crippen molar-refractivity contribution in [3.63, 3.8) is 0 Å². The van der Waals surface area contributed by atoms with Crippen LogP contribution in [0, 0.1) is 16.0 Å². The molecule has 0 spiro atoms. The Hall–Kier alpha value is -1.60. The number of nitrogens with two attached hydrogens (primary N) is 1. The molecule has 0 bridgehead atoms. The minimum Gasteiger partial charge on any atom is -0.358 e. The number of rotatable bonds is 3. The molecule has 0 aliphatic carbocycles. The Bertz CT molecular complexity index is 463. The molecule has 1 unspecified atom stereocenters. The van der Waals surface area contributed by atoms with Crippen LogP contribution in [0.15, 0.2) is 12.1 Å². The van der Waals surface area contributed by atoms with Gasteiger partial charge in [0.2, 0.25) is 0 Å². The van der Waals surface area contributed by atoms with Gasteiger partial charge < -0.3 is 20.7 Å². The zero-order chi connectivity index (χ0) is 13.1. The summed E-state index contributed by atoms with van der Waals surface area (Å²) in [6, 6.07) is 2.75. The number of piperidine rings is 1. The fourth-order valence-electron chi connectivity index (χ4n) is 2.23. The molecule has 1 aromatic heterocycles. The molecule has 0 saturated carbocycles. The van der Waals surface area contributed by atoms with Gasteiger partial charge in [0.05, 0.1) is 0 Å². The average molecular weight is 289 g/mol. The zero-order valence-electron chi connectivity index (χ0n) is 10.4. The van der Waals surface area contributed by atoms with Crippen LogP contribution in [0.4, 0.5) is 5.82 Å². The van der Waals surface area contributed by atoms with Crippen LogP contribution in [-0.2, 0) is 0 Å². The number of carbonyl (C=O) groups is 1. The predicted octanol–water partition coefficient (Wildman–Crippen LogP) is 1.16. The highest BCUT2D eigenvalue weighted by molar-refractivity contribution is 5.93. The number of likely N-dealkylation sites (tertiary alicyclic amines) is 1. The van der Waals surface area contributed by atoms with Gasteiger partial charge in [-0.25, -0.2) is 4.98 Å². The van der Waals surface area contributed by atoms with E-state index in [0.717, 1.165) is 12.8 Å². The number of aromatic amines is 1. The van der Waals surface area contributed by atoms with E-state index in [9.17, 15) is 14.9 Å². The fraction of sp³-hybridized carbons (Fsp3) is 0.545. The van der Waals surface area contributed by atoms with E-state index in [-0.39, 0.29) is 29.8 Å². The Labute approximate surface area is 116 Å². The molecule has 1 aliphatic heterocycles. The van der Waals surface area contributed by atoms with Crippen molar-refractivity contribution in [2.24, 2.45) is 11.7 Å². The van der Waals surface area contributed by atoms with E-state index in [1.807, 2.05) is 0 Å². The predicted molar refractivity (Wildman–Crippen MR) is 72.4 cm³/mol. The van der Waals surface area contributed by atoms with E-state index in [1.54, 1.807) is 4.90 Å². The zero-order valence-corrected chi connectivity index (χ0v) is 11.2. The number of amides is 1. The standard InChI is InChI=1S/C11H16N4O3.ClH/c12-6-8-2-1-5-14(7-8)11(16)9-3-4-10(13-9)15(17)18;/h3-4,8,13H,1-2,5-7,12H2;1H. The van der Waals surface area contributed by atoms with Crippen LogP contribution in [0.3, 0.4) is 0 Å². The maximum Gasteiger partial charge on any atom is 0.321 e. The number of nitrogens with zero attached hydrogens (tertiary/aromatic N) is 2. The topological polar surface area (TPSA) is 105 Å². The van der Waals surface area contributed by atoms with E-state index in [4.69, 9.17) is 5.73 Å². The summed E-state index contributed by atoms with van der Waals surface area (Å²) in [6.07, 6.45) is 1.96. The number of nitrogens with one attached hydrogen (secondary N) is 1. The lowest BCUT2D eigenvalue weighted by atomic mass is 9.98. The minimum atomic E-state index is -0.546. The molecular weight excluding hydrogens is 272 g/mol. The van der Waals surface area contributed by atoms with E-state index in [2.05, 4.69) is 4.98 Å². The SMILES string of the molecule is Cl.NCC1CCCN(C(=O)c2ccc([N+](=O)[O-])[nH]2)C1. The molecular formula is C11H17ClN4O3. The van der Waals surface area contributed by atoms with E-state index in [0.29, 0.717) is 25.6 Å². The average Bonchev–Trinajstić information content (AvgIpc) is 2.87. The Morgan fingerprint density at radius 3 is 2.89 bits per heavy atom. The van der Waals surface area contributed by atoms with Gasteiger partial charge in [-0.1, -0.05) is 0 Å². The van der Waals surface area contributed by atoms with Gasteiger partial charge in [0, 0.05) is 19.2 Å². The summed E-state index contributed by atoms with van der Waals surface area (Å²) in [6.45, 7) is 1.87. The van der Waals surface area contributed by atoms with Crippen LogP contribution < -0.4 is 5.73 Å². The highest BCUT2D eigenvalue weighted by Gasteiger charge is 2.26. The van der Waals surface area contributed by atoms with Crippen LogP contribution in [0.5, 0.6) is 0 Å². The first-order chi connectivity index (χ1) is 8.61. The Morgan fingerprint density at radius 1 is 1.58 bits per heavy atom. The molecule has 1 fully saturated rings. The molecule has 106 valence electrons. The van der Waals surface area contributed by atoms with Crippen LogP contribution in [0.25, 0.3) is 0 Å². The van der Waals surface area contributed by atoms with Gasteiger partial charge in [-0.3, -0.25) is 4.79 Å². The Balaban J connectivity index is 0.00000180. The molecule has 1 atom stereocenters. The molecule has 2 rings (SSSR count). The first kappa shape index (κ1) is 15.5. The third kappa shape index (κ3) is 3.45. The monoisotopic (exact) mass is 288 g/mol. The van der Waals surface area contributed by atoms with Crippen LogP contribution in [0.2, 0.25) is 0 Å². The first-order valence-corrected chi connectivity index (χ1v) is 5.94. The number of hydrogen-bond donors (Lipinski definition) is 2. The van der Waals surface area contributed by atoms with E-state index >= 15 is 0 Å². The summed E-state index contributed by atoms with van der Waals surface area (Å²) in [4.78, 5) is 26.4. The third-order valence-corrected chi connectivity index (χ3v) is 3.24. The molecule has 1 aromatic rings. The number of H-pyrrole nitrogens is 1. The molecule has 0 aromatic carbocycles. The van der Waals surface area contributed by atoms with Gasteiger partial charge in [-0.2, -0.15) is 0 Å². The van der Waals surface area contributed by atoms with Crippen molar-refractivity contribution in [1.29, 1.82) is 0 Å². The highest BCUT2D eigenvalue weighted by atomic mass is 35.5. The van der Waals surface area contributed by atoms with E-state index < -0.39 is 4.92 Å². The van der Waals surface area contributed by atoms with Gasteiger partial charge in [0.25, 0.3) is 5.91 Å². The van der Waals surface area contributed by atoms with Crippen LogP contribution in [-0.4, -0.2) is 40.3 Å². The largest absolute Gasteiger partial charge is 0.358 e. The van der Waals surface area contributed by atoms with Crippen molar-refractivity contribution in [3.8, 4) is 0 Å². The van der Waals surface area contributed by atoms with Crippen molar-refractivity contribution in [3.05, 3.63) is 27.9 Å². The quantitative estimate of drug-likeness (QED) is 0.643. The molecule has 2 heterocycles. The summed E-state index contributed by atoms with van der Waals surface area (Å²) in [5.74, 6) is -0.0281. The summed E-state index contributed by atoms with van der Waals surface area (Å²) >= 11 is 0. The molecule has 1 aliphatic rings. The summed E-state index contributed by atoms with van der Waals surface area (Å²) in [7, 11) is 0. The molecule has 1 saturated heterocycles. The second-order valence-electron chi connectivity index (χ2n) is 4.51. The van der Waals surface area contributed by atoms with Crippen LogP contribution >= 0.6 is 12.4 Å². The molecule has 3 N–H and O–H groups in total. The molecule has 7 nitrogen and oxygen atoms in total. The Kier molecular flexibility index (Phi) is 5.31. The number of aromatic nitrogens is 1. The normalized spacial score (nSPS) is 18.8. The number of hydrogen-bond acceptors (Lipinski definition) is 4.